The fourth-order valence-electron chi connectivity index (χ4n) is 12.4. The normalized spacial score (nSPS) is 11.5. The maximum Gasteiger partial charge on any atom is 0.167 e. The minimum Gasteiger partial charge on any atom is -0.456 e. The van der Waals surface area contributed by atoms with Gasteiger partial charge in [0.05, 0.1) is 22.1 Å². The molecule has 0 aliphatic carbocycles. The summed E-state index contributed by atoms with van der Waals surface area (Å²) < 4.78 is 11.9. The maximum atomic E-state index is 7.34. The molecule has 0 spiro atoms. The fourth-order valence-corrected chi connectivity index (χ4v) is 12.4. The van der Waals surface area contributed by atoms with Gasteiger partial charge in [0.15, 0.2) is 17.5 Å². The third kappa shape index (κ3) is 8.69. The van der Waals surface area contributed by atoms with E-state index in [0.29, 0.717) is 29.0 Å². The zero-order chi connectivity index (χ0) is 55.8. The summed E-state index contributed by atoms with van der Waals surface area (Å²) in [6.45, 7) is 0. The highest BCUT2D eigenvalue weighted by Crippen LogP contribution is 2.45. The number of benzene rings is 9. The van der Waals surface area contributed by atoms with Crippen LogP contribution in [0.2, 0.25) is 0 Å². The van der Waals surface area contributed by atoms with Crippen LogP contribution in [0.1, 0.15) is 0 Å². The van der Waals surface area contributed by atoms with Gasteiger partial charge in [0.25, 0.3) is 0 Å². The standard InChI is InChI=1S/C64H52B10N6O/c65-52-50(53(66)57(70)60(73)56(52)69)39-23-14-24-40(51-54(67)58(71)61(74)59(72)55(51)68)49(39)43-32-79(44-25-9-7-22-38(43)44)35-19-13-20-36(29-35)81-47-31-46-41(37-21-8-10-26-45(37)80(46)48-27-11-12-28-75-48)30-42(47)64-77-62(33-15-3-1-4-16-33)76-63(78-64)34-17-5-2-6-18-34/h1-32H,65-74H2. The molecule has 13 rings (SSSR count). The van der Waals surface area contributed by atoms with E-state index in [4.69, 9.17) is 24.7 Å². The first-order valence-corrected chi connectivity index (χ1v) is 27.9. The Balaban J connectivity index is 1.03. The summed E-state index contributed by atoms with van der Waals surface area (Å²) in [5, 5.41) is 3.26. The van der Waals surface area contributed by atoms with Gasteiger partial charge in [-0.05, 0) is 70.3 Å². The molecule has 7 nitrogen and oxygen atoms in total. The van der Waals surface area contributed by atoms with Crippen molar-refractivity contribution < 1.29 is 4.74 Å². The molecule has 0 saturated carbocycles. The van der Waals surface area contributed by atoms with E-state index in [1.165, 1.54) is 88.0 Å². The van der Waals surface area contributed by atoms with Gasteiger partial charge in [0, 0.05) is 63.1 Å². The predicted molar refractivity (Wildman–Crippen MR) is 370 cm³/mol. The number of para-hydroxylation sites is 2. The topological polar surface area (TPSA) is 70.7 Å². The molecule has 0 aliphatic heterocycles. The first kappa shape index (κ1) is 51.4. The number of pyridine rings is 1. The lowest BCUT2D eigenvalue weighted by atomic mass is 9.58. The Morgan fingerprint density at radius 3 is 1.43 bits per heavy atom. The predicted octanol–water partition coefficient (Wildman–Crippen LogP) is -1.31. The molecule has 0 saturated heterocycles. The molecule has 13 aromatic rings. The molecule has 0 bridgehead atoms. The Kier molecular flexibility index (Phi) is 13.0. The molecule has 0 amide bonds. The van der Waals surface area contributed by atoms with E-state index in [1.54, 1.807) is 0 Å². The number of aromatic nitrogens is 6. The zero-order valence-corrected chi connectivity index (χ0v) is 47.6. The van der Waals surface area contributed by atoms with E-state index in [9.17, 15) is 0 Å². The van der Waals surface area contributed by atoms with Crippen LogP contribution in [0.4, 0.5) is 0 Å². The number of nitrogens with zero attached hydrogens (tertiary/aromatic N) is 6. The average molecular weight is 1030 g/mol. The number of ether oxygens (including phenoxy) is 1. The summed E-state index contributed by atoms with van der Waals surface area (Å²) in [6, 6.07) is 63.2. The minimum atomic E-state index is 0.495. The van der Waals surface area contributed by atoms with Gasteiger partial charge in [-0.1, -0.05) is 149 Å². The van der Waals surface area contributed by atoms with Crippen LogP contribution in [0.15, 0.2) is 194 Å². The zero-order valence-electron chi connectivity index (χ0n) is 47.6. The van der Waals surface area contributed by atoms with Crippen molar-refractivity contribution in [3.05, 3.63) is 194 Å². The Morgan fingerprint density at radius 2 is 0.852 bits per heavy atom. The molecule has 17 heteroatoms. The van der Waals surface area contributed by atoms with E-state index in [1.807, 2.05) is 91.1 Å². The molecule has 0 unspecified atom stereocenters. The van der Waals surface area contributed by atoms with E-state index in [2.05, 4.69) is 191 Å². The smallest absolute Gasteiger partial charge is 0.167 e. The number of fused-ring (bicyclic) bond motifs is 4. The van der Waals surface area contributed by atoms with Crippen molar-refractivity contribution >= 4 is 166 Å². The van der Waals surface area contributed by atoms with Crippen molar-refractivity contribution in [1.82, 2.24) is 29.1 Å². The summed E-state index contributed by atoms with van der Waals surface area (Å²) >= 11 is 0. The first-order valence-electron chi connectivity index (χ1n) is 27.9. The molecule has 0 N–H and O–H groups in total. The molecule has 81 heavy (non-hydrogen) atoms. The number of rotatable bonds is 10. The minimum absolute atomic E-state index is 0.495. The van der Waals surface area contributed by atoms with Gasteiger partial charge in [-0.15, -0.1) is 32.8 Å². The summed E-state index contributed by atoms with van der Waals surface area (Å²) in [5.41, 5.74) is 27.3. The number of hydrogen-bond donors (Lipinski definition) is 0. The second-order valence-electron chi connectivity index (χ2n) is 21.7. The van der Waals surface area contributed by atoms with Crippen molar-refractivity contribution in [1.29, 1.82) is 0 Å². The molecular weight excluding hydrogens is 977 g/mol. The molecule has 4 heterocycles. The molecule has 0 atom stereocenters. The molecule has 4 aromatic heterocycles. The molecule has 0 radical (unpaired) electrons. The lowest BCUT2D eigenvalue weighted by Crippen LogP contribution is -2.55. The van der Waals surface area contributed by atoms with Crippen molar-refractivity contribution in [2.24, 2.45) is 0 Å². The van der Waals surface area contributed by atoms with Crippen LogP contribution in [-0.4, -0.2) is 108 Å². The Hall–Kier alpha value is -9.07. The Morgan fingerprint density at radius 1 is 0.346 bits per heavy atom. The maximum absolute atomic E-state index is 7.34. The van der Waals surface area contributed by atoms with Gasteiger partial charge in [-0.2, -0.15) is 0 Å². The van der Waals surface area contributed by atoms with Crippen LogP contribution in [-0.2, 0) is 0 Å². The second kappa shape index (κ2) is 20.5. The van der Waals surface area contributed by atoms with Crippen LogP contribution in [0.25, 0.3) is 112 Å². The van der Waals surface area contributed by atoms with Crippen LogP contribution in [0, 0.1) is 0 Å². The average Bonchev–Trinajstić information content (AvgIpc) is 4.22. The van der Waals surface area contributed by atoms with Crippen LogP contribution in [0.3, 0.4) is 0 Å². The summed E-state index contributed by atoms with van der Waals surface area (Å²) in [4.78, 5) is 20.5. The monoisotopic (exact) mass is 1030 g/mol. The van der Waals surface area contributed by atoms with Crippen LogP contribution in [0.5, 0.6) is 11.5 Å². The van der Waals surface area contributed by atoms with E-state index in [-0.39, 0.29) is 0 Å². The molecule has 9 aromatic carbocycles. The second-order valence-corrected chi connectivity index (χ2v) is 21.7. The Bertz CT molecular complexity index is 4480. The SMILES string of the molecule is Bc1c(B)c(B)c(-c2cccc(-c3c(B)c(B)c(B)c(B)c3B)c2-c2cn(-c3cccc(Oc4cc5c(cc4-c4nc(-c6ccccc6)nc(-c6ccccc6)n4)c4ccccc4n5-c4ccccn4)c3)c3ccccc23)c(B)c1B. The van der Waals surface area contributed by atoms with Crippen molar-refractivity contribution in [3.63, 3.8) is 0 Å². The van der Waals surface area contributed by atoms with E-state index < -0.39 is 0 Å². The van der Waals surface area contributed by atoms with Gasteiger partial charge < -0.3 is 9.30 Å². The number of hydrogen-bond acceptors (Lipinski definition) is 5. The highest BCUT2D eigenvalue weighted by Gasteiger charge is 2.26. The largest absolute Gasteiger partial charge is 0.456 e. The highest BCUT2D eigenvalue weighted by atomic mass is 16.5. The quantitative estimate of drug-likeness (QED) is 0.160. The highest BCUT2D eigenvalue weighted by molar-refractivity contribution is 6.70. The van der Waals surface area contributed by atoms with Gasteiger partial charge in [0.1, 0.15) is 95.8 Å². The van der Waals surface area contributed by atoms with Crippen LogP contribution >= 0.6 is 0 Å². The first-order chi connectivity index (χ1) is 39.4. The summed E-state index contributed by atoms with van der Waals surface area (Å²) in [6.07, 6.45) is 4.19. The molecular formula is C64H52B10N6O. The van der Waals surface area contributed by atoms with Crippen LogP contribution < -0.4 is 59.4 Å². The van der Waals surface area contributed by atoms with Gasteiger partial charge in [-0.25, -0.2) is 19.9 Å². The van der Waals surface area contributed by atoms with Crippen molar-refractivity contribution in [2.45, 2.75) is 0 Å². The van der Waals surface area contributed by atoms with Gasteiger partial charge >= 0.3 is 0 Å². The summed E-state index contributed by atoms with van der Waals surface area (Å²) in [7, 11) is 22.9. The molecule has 374 valence electrons. The fraction of sp³-hybridized carbons (Fsp3) is 0. The van der Waals surface area contributed by atoms with Crippen molar-refractivity contribution in [3.8, 4) is 90.5 Å². The molecule has 0 aliphatic rings. The van der Waals surface area contributed by atoms with Crippen molar-refractivity contribution in [2.75, 3.05) is 0 Å². The Labute approximate surface area is 481 Å². The lowest BCUT2D eigenvalue weighted by molar-refractivity contribution is 0.484. The van der Waals surface area contributed by atoms with Gasteiger partial charge in [-0.3, -0.25) is 4.57 Å². The summed E-state index contributed by atoms with van der Waals surface area (Å²) in [5.74, 6) is 3.68. The third-order valence-corrected chi connectivity index (χ3v) is 17.5. The third-order valence-electron chi connectivity index (χ3n) is 17.5. The lowest BCUT2D eigenvalue weighted by Gasteiger charge is -2.26. The van der Waals surface area contributed by atoms with E-state index >= 15 is 0 Å². The van der Waals surface area contributed by atoms with Gasteiger partial charge in [0.2, 0.25) is 0 Å². The molecule has 0 fully saturated rings. The van der Waals surface area contributed by atoms with E-state index in [0.717, 1.165) is 60.9 Å².